The van der Waals surface area contributed by atoms with E-state index in [0.717, 1.165) is 19.1 Å². The molecule has 222 valence electrons. The number of aliphatic hydroxyl groups is 1. The summed E-state index contributed by atoms with van der Waals surface area (Å²) in [6.45, 7) is -0.315. The van der Waals surface area contributed by atoms with Gasteiger partial charge in [-0.15, -0.1) is 0 Å². The first-order valence-corrected chi connectivity index (χ1v) is 15.9. The van der Waals surface area contributed by atoms with Crippen molar-refractivity contribution in [1.29, 1.82) is 0 Å². The van der Waals surface area contributed by atoms with Crippen molar-refractivity contribution in [2.45, 2.75) is 62.9 Å². The molecule has 5 rings (SSSR count). The molecule has 1 aliphatic heterocycles. The summed E-state index contributed by atoms with van der Waals surface area (Å²) < 4.78 is 27.4. The molecule has 2 amide bonds. The van der Waals surface area contributed by atoms with Gasteiger partial charge in [-0.05, 0) is 42.2 Å². The van der Waals surface area contributed by atoms with Crippen LogP contribution in [-0.4, -0.2) is 58.5 Å². The van der Waals surface area contributed by atoms with E-state index in [-0.39, 0.29) is 19.1 Å². The van der Waals surface area contributed by atoms with Crippen LogP contribution in [0.4, 0.5) is 0 Å². The Bertz CT molecular complexity index is 1540. The molecule has 11 nitrogen and oxygen atoms in total. The number of hydrogen-bond donors (Lipinski definition) is 3. The molecule has 1 saturated carbocycles. The van der Waals surface area contributed by atoms with Crippen LogP contribution in [0.5, 0.6) is 0 Å². The summed E-state index contributed by atoms with van der Waals surface area (Å²) >= 11 is 6.20. The van der Waals surface area contributed by atoms with Crippen molar-refractivity contribution in [3.63, 3.8) is 0 Å². The van der Waals surface area contributed by atoms with Gasteiger partial charge in [-0.3, -0.25) is 24.4 Å². The second kappa shape index (κ2) is 12.8. The molecule has 1 unspecified atom stereocenters. The molecule has 2 aliphatic rings. The molecule has 0 spiro atoms. The maximum atomic E-state index is 14.2. The van der Waals surface area contributed by atoms with E-state index in [1.165, 1.54) is 12.4 Å². The van der Waals surface area contributed by atoms with Crippen molar-refractivity contribution < 1.29 is 28.0 Å². The lowest BCUT2D eigenvalue weighted by atomic mass is 9.76. The van der Waals surface area contributed by atoms with Gasteiger partial charge in [0, 0.05) is 22.7 Å². The molecule has 1 fully saturated rings. The first-order chi connectivity index (χ1) is 20.2. The molecular weight excluding hydrogens is 582 g/mol. The van der Waals surface area contributed by atoms with Crippen LogP contribution in [-0.2, 0) is 32.9 Å². The summed E-state index contributed by atoms with van der Waals surface area (Å²) in [6.07, 6.45) is 6.73. The maximum absolute atomic E-state index is 14.2. The quantitative estimate of drug-likeness (QED) is 0.312. The predicted molar refractivity (Wildman–Crippen MR) is 154 cm³/mol. The van der Waals surface area contributed by atoms with Crippen LogP contribution in [0, 0.1) is 0 Å². The lowest BCUT2D eigenvalue weighted by Gasteiger charge is -2.49. The normalized spacial score (nSPS) is 22.5. The van der Waals surface area contributed by atoms with E-state index in [9.17, 15) is 23.1 Å². The van der Waals surface area contributed by atoms with Crippen LogP contribution in [0.3, 0.4) is 0 Å². The van der Waals surface area contributed by atoms with Gasteiger partial charge >= 0.3 is 0 Å². The number of aliphatic hydroxyl groups excluding tert-OH is 1. The largest absolute Gasteiger partial charge is 0.390 e. The van der Waals surface area contributed by atoms with Gasteiger partial charge in [0.05, 0.1) is 48.6 Å². The number of halogens is 1. The fraction of sp³-hybridized carbons (Fsp3) is 0.379. The zero-order chi connectivity index (χ0) is 29.9. The Morgan fingerprint density at radius 1 is 1.07 bits per heavy atom. The Balaban J connectivity index is 1.53. The molecule has 0 saturated heterocycles. The van der Waals surface area contributed by atoms with Crippen molar-refractivity contribution in [3.05, 3.63) is 94.0 Å². The third kappa shape index (κ3) is 6.63. The molecular formula is C29H32ClN5O6S. The van der Waals surface area contributed by atoms with Crippen molar-refractivity contribution in [2.24, 2.45) is 0 Å². The van der Waals surface area contributed by atoms with Gasteiger partial charge in [-0.2, -0.15) is 0 Å². The van der Waals surface area contributed by atoms with Crippen LogP contribution in [0.15, 0.2) is 60.9 Å². The maximum Gasteiger partial charge on any atom is 0.255 e. The standard InChI is InChI=1S/C29H32ClN5O6S/c1-42(39,40)34-24-8-4-5-9-25(24)35-27(18-10-12-19(30)13-11-18)26(22-6-2-3-7-23(22)29(35)38)28(37)33-41-17-21-15-31-20(16-36)14-32-21/h2-3,6-7,10-15,24-27,34,36H,4-5,8-9,16-17H2,1H3,(H,33,37)/t24-,25?,26+,27-/m0/s1. The SMILES string of the molecule is CS(=O)(=O)N[C@H]1CCCCC1N1C(=O)c2ccccc2[C@@H](C(=O)NOCc2cnc(CO)cn2)[C@@H]1c1ccc(Cl)cc1. The Hall–Kier alpha value is -3.42. The van der Waals surface area contributed by atoms with Crippen molar-refractivity contribution in [3.8, 4) is 0 Å². The van der Waals surface area contributed by atoms with E-state index in [1.54, 1.807) is 53.4 Å². The Morgan fingerprint density at radius 2 is 1.76 bits per heavy atom. The van der Waals surface area contributed by atoms with Gasteiger partial charge in [0.1, 0.15) is 6.61 Å². The zero-order valence-corrected chi connectivity index (χ0v) is 24.5. The van der Waals surface area contributed by atoms with Crippen LogP contribution >= 0.6 is 11.6 Å². The third-order valence-corrected chi connectivity index (χ3v) is 8.62. The van der Waals surface area contributed by atoms with Gasteiger partial charge in [-0.25, -0.2) is 18.6 Å². The second-order valence-corrected chi connectivity index (χ2v) is 12.8. The number of aromatic nitrogens is 2. The lowest BCUT2D eigenvalue weighted by Crippen LogP contribution is -2.59. The summed E-state index contributed by atoms with van der Waals surface area (Å²) in [5, 5.41) is 9.68. The topological polar surface area (TPSA) is 151 Å². The number of hydrogen-bond acceptors (Lipinski definition) is 8. The first kappa shape index (κ1) is 30.1. The summed E-state index contributed by atoms with van der Waals surface area (Å²) in [5.74, 6) is -1.64. The summed E-state index contributed by atoms with van der Waals surface area (Å²) in [4.78, 5) is 43.6. The molecule has 1 aromatic heterocycles. The van der Waals surface area contributed by atoms with E-state index in [0.29, 0.717) is 45.9 Å². The molecule has 2 aromatic carbocycles. The van der Waals surface area contributed by atoms with Crippen molar-refractivity contribution >= 4 is 33.4 Å². The van der Waals surface area contributed by atoms with Gasteiger partial charge < -0.3 is 10.0 Å². The number of nitrogens with zero attached hydrogens (tertiary/aromatic N) is 3. The molecule has 3 N–H and O–H groups in total. The lowest BCUT2D eigenvalue weighted by molar-refractivity contribution is -0.138. The molecule has 1 aliphatic carbocycles. The van der Waals surface area contributed by atoms with E-state index in [4.69, 9.17) is 16.4 Å². The zero-order valence-electron chi connectivity index (χ0n) is 22.9. The fourth-order valence-corrected chi connectivity index (χ4v) is 6.80. The molecule has 0 radical (unpaired) electrons. The summed E-state index contributed by atoms with van der Waals surface area (Å²) in [5.41, 5.74) is 4.97. The molecule has 4 atom stereocenters. The number of carbonyl (C=O) groups excluding carboxylic acids is 2. The Morgan fingerprint density at radius 3 is 2.45 bits per heavy atom. The molecule has 0 bridgehead atoms. The highest BCUT2D eigenvalue weighted by atomic mass is 35.5. The summed E-state index contributed by atoms with van der Waals surface area (Å²) in [7, 11) is -3.56. The minimum Gasteiger partial charge on any atom is -0.390 e. The number of sulfonamides is 1. The Kier molecular flexibility index (Phi) is 9.19. The monoisotopic (exact) mass is 613 g/mol. The number of amides is 2. The molecule has 2 heterocycles. The van der Waals surface area contributed by atoms with Gasteiger partial charge in [0.25, 0.3) is 11.8 Å². The number of fused-ring (bicyclic) bond motifs is 1. The van der Waals surface area contributed by atoms with Gasteiger partial charge in [0.2, 0.25) is 10.0 Å². The average Bonchev–Trinajstić information content (AvgIpc) is 2.97. The van der Waals surface area contributed by atoms with E-state index >= 15 is 0 Å². The summed E-state index contributed by atoms with van der Waals surface area (Å²) in [6, 6.07) is 12.1. The number of benzene rings is 2. The highest BCUT2D eigenvalue weighted by molar-refractivity contribution is 7.88. The fourth-order valence-electron chi connectivity index (χ4n) is 5.85. The molecule has 3 aromatic rings. The second-order valence-electron chi connectivity index (χ2n) is 10.5. The predicted octanol–water partition coefficient (Wildman–Crippen LogP) is 3.01. The van der Waals surface area contributed by atoms with Crippen LogP contribution in [0.2, 0.25) is 5.02 Å². The average molecular weight is 614 g/mol. The minimum absolute atomic E-state index is 0.0734. The molecule has 42 heavy (non-hydrogen) atoms. The minimum atomic E-state index is -3.56. The number of nitrogens with one attached hydrogen (secondary N) is 2. The van der Waals surface area contributed by atoms with Gasteiger partial charge in [0.15, 0.2) is 0 Å². The van der Waals surface area contributed by atoms with E-state index in [2.05, 4.69) is 20.2 Å². The van der Waals surface area contributed by atoms with Crippen LogP contribution in [0.1, 0.15) is 70.5 Å². The smallest absolute Gasteiger partial charge is 0.255 e. The van der Waals surface area contributed by atoms with E-state index in [1.807, 2.05) is 0 Å². The van der Waals surface area contributed by atoms with Crippen molar-refractivity contribution in [1.82, 2.24) is 25.1 Å². The number of carbonyl (C=O) groups is 2. The van der Waals surface area contributed by atoms with Gasteiger partial charge in [-0.1, -0.05) is 54.8 Å². The van der Waals surface area contributed by atoms with Crippen LogP contribution < -0.4 is 10.2 Å². The number of rotatable bonds is 9. The highest BCUT2D eigenvalue weighted by Crippen LogP contribution is 2.46. The first-order valence-electron chi connectivity index (χ1n) is 13.6. The van der Waals surface area contributed by atoms with E-state index < -0.39 is 40.0 Å². The highest BCUT2D eigenvalue weighted by Gasteiger charge is 2.49. The Labute approximate surface area is 249 Å². The number of hydroxylamine groups is 1. The third-order valence-electron chi connectivity index (χ3n) is 7.64. The molecule has 13 heteroatoms. The van der Waals surface area contributed by atoms with Crippen LogP contribution in [0.25, 0.3) is 0 Å². The van der Waals surface area contributed by atoms with Crippen molar-refractivity contribution in [2.75, 3.05) is 6.26 Å².